The summed E-state index contributed by atoms with van der Waals surface area (Å²) in [6.45, 7) is 36.2. The first-order chi connectivity index (χ1) is 20.3. The molecular weight excluding hydrogens is 589 g/mol. The minimum absolute atomic E-state index is 0.0868. The van der Waals surface area contributed by atoms with Crippen LogP contribution in [0.25, 0.3) is 0 Å². The molecule has 0 unspecified atom stereocenters. The predicted molar refractivity (Wildman–Crippen MR) is 198 cm³/mol. The standard InChI is InChI=1S/C39H72O4Si2/c1-27-16-20-32(42-44(12,13)36(3,4)5)25-29(27)18-19-30-24-31(40)26-39(11)33(21-22-34(30)39)28(2)17-23-35(38(9,10)41)43-45(14,15)37(6,7)8/h18-19,28,31-35,40-41H,1,16-17,20-26H2,2-15H3/b29-18+,30-19-/t28-,31+,32+,33-,34+,35-,39-/m1/s1. The lowest BCUT2D eigenvalue weighted by Crippen LogP contribution is -2.50. The summed E-state index contributed by atoms with van der Waals surface area (Å²) in [7, 11) is -3.84. The van der Waals surface area contributed by atoms with Gasteiger partial charge in [0.25, 0.3) is 0 Å². The fourth-order valence-corrected chi connectivity index (χ4v) is 10.9. The molecule has 7 atom stereocenters. The molecule has 0 bridgehead atoms. The molecule has 45 heavy (non-hydrogen) atoms. The summed E-state index contributed by atoms with van der Waals surface area (Å²) in [6.07, 6.45) is 13.5. The molecule has 0 aromatic carbocycles. The maximum atomic E-state index is 11.2. The average molecular weight is 661 g/mol. The molecule has 0 heterocycles. The number of hydrogen-bond acceptors (Lipinski definition) is 4. The number of hydrogen-bond donors (Lipinski definition) is 2. The van der Waals surface area contributed by atoms with Crippen LogP contribution in [0, 0.1) is 23.2 Å². The third-order valence-corrected chi connectivity index (χ3v) is 22.1. The summed E-state index contributed by atoms with van der Waals surface area (Å²) in [5.74, 6) is 1.56. The second-order valence-corrected chi connectivity index (χ2v) is 28.7. The summed E-state index contributed by atoms with van der Waals surface area (Å²) in [5.41, 5.74) is 3.22. The van der Waals surface area contributed by atoms with E-state index in [0.717, 1.165) is 44.9 Å². The minimum Gasteiger partial charge on any atom is -0.414 e. The Bertz CT molecular complexity index is 1100. The molecule has 3 saturated carbocycles. The highest BCUT2D eigenvalue weighted by atomic mass is 28.4. The maximum Gasteiger partial charge on any atom is 0.192 e. The molecule has 4 nitrogen and oxygen atoms in total. The van der Waals surface area contributed by atoms with E-state index < -0.39 is 22.2 Å². The number of allylic oxidation sites excluding steroid dienone is 3. The topological polar surface area (TPSA) is 58.9 Å². The van der Waals surface area contributed by atoms with Gasteiger partial charge in [0.05, 0.1) is 17.8 Å². The zero-order valence-corrected chi connectivity index (χ0v) is 33.9. The molecule has 0 spiro atoms. The van der Waals surface area contributed by atoms with Crippen molar-refractivity contribution in [2.24, 2.45) is 23.2 Å². The lowest BCUT2D eigenvalue weighted by molar-refractivity contribution is -0.0491. The third-order valence-electron chi connectivity index (χ3n) is 13.0. The smallest absolute Gasteiger partial charge is 0.192 e. The van der Waals surface area contributed by atoms with Crippen molar-refractivity contribution in [3.63, 3.8) is 0 Å². The number of aliphatic hydroxyl groups excluding tert-OH is 1. The van der Waals surface area contributed by atoms with Gasteiger partial charge in [0, 0.05) is 6.10 Å². The highest BCUT2D eigenvalue weighted by molar-refractivity contribution is 6.74. The molecule has 2 N–H and O–H groups in total. The van der Waals surface area contributed by atoms with E-state index in [1.165, 1.54) is 29.6 Å². The van der Waals surface area contributed by atoms with E-state index >= 15 is 0 Å². The normalized spacial score (nSPS) is 32.2. The van der Waals surface area contributed by atoms with Crippen LogP contribution in [0.2, 0.25) is 36.3 Å². The van der Waals surface area contributed by atoms with Crippen LogP contribution in [0.3, 0.4) is 0 Å². The maximum absolute atomic E-state index is 11.2. The summed E-state index contributed by atoms with van der Waals surface area (Å²) >= 11 is 0. The second kappa shape index (κ2) is 13.8. The van der Waals surface area contributed by atoms with Crippen molar-refractivity contribution in [1.82, 2.24) is 0 Å². The number of aliphatic hydroxyl groups is 2. The Morgan fingerprint density at radius 1 is 0.911 bits per heavy atom. The zero-order valence-electron chi connectivity index (χ0n) is 31.9. The fourth-order valence-electron chi connectivity index (χ4n) is 8.06. The third kappa shape index (κ3) is 9.14. The van der Waals surface area contributed by atoms with E-state index in [1.54, 1.807) is 0 Å². The van der Waals surface area contributed by atoms with Crippen molar-refractivity contribution in [1.29, 1.82) is 0 Å². The van der Waals surface area contributed by atoms with Gasteiger partial charge < -0.3 is 19.1 Å². The summed E-state index contributed by atoms with van der Waals surface area (Å²) in [4.78, 5) is 0. The Morgan fingerprint density at radius 2 is 1.51 bits per heavy atom. The van der Waals surface area contributed by atoms with Gasteiger partial charge in [-0.15, -0.1) is 0 Å². The first kappa shape index (κ1) is 38.9. The fraction of sp³-hybridized carbons (Fsp3) is 0.846. The van der Waals surface area contributed by atoms with E-state index in [1.807, 2.05) is 13.8 Å². The van der Waals surface area contributed by atoms with E-state index in [4.69, 9.17) is 8.85 Å². The summed E-state index contributed by atoms with van der Waals surface area (Å²) in [5, 5.41) is 22.6. The monoisotopic (exact) mass is 660 g/mol. The highest BCUT2D eigenvalue weighted by Crippen LogP contribution is 2.60. The SMILES string of the molecule is C=C1CC[C@H](O[Si](C)(C)C(C)(C)C)C/C1=C\C=C1\C[C@H](O)C[C@]2(C)[C@@H]([C@H](C)CC[C@@H](O[Si](C)(C)C(C)(C)C)C(C)(C)O)CC[C@@H]12. The summed E-state index contributed by atoms with van der Waals surface area (Å²) in [6, 6.07) is 0. The van der Waals surface area contributed by atoms with Crippen molar-refractivity contribution < 1.29 is 19.1 Å². The van der Waals surface area contributed by atoms with Gasteiger partial charge in [0.2, 0.25) is 0 Å². The van der Waals surface area contributed by atoms with E-state index in [-0.39, 0.29) is 33.8 Å². The largest absolute Gasteiger partial charge is 0.414 e. The first-order valence-electron chi connectivity index (χ1n) is 18.1. The predicted octanol–water partition coefficient (Wildman–Crippen LogP) is 10.7. The van der Waals surface area contributed by atoms with Gasteiger partial charge in [0.1, 0.15) is 0 Å². The second-order valence-electron chi connectivity index (χ2n) is 19.2. The van der Waals surface area contributed by atoms with Gasteiger partial charge in [-0.05, 0) is 137 Å². The van der Waals surface area contributed by atoms with Gasteiger partial charge in [-0.3, -0.25) is 0 Å². The summed E-state index contributed by atoms with van der Waals surface area (Å²) < 4.78 is 13.6. The van der Waals surface area contributed by atoms with Crippen LogP contribution < -0.4 is 0 Å². The van der Waals surface area contributed by atoms with Gasteiger partial charge in [0.15, 0.2) is 16.6 Å². The van der Waals surface area contributed by atoms with Crippen LogP contribution in [-0.4, -0.2) is 50.8 Å². The van der Waals surface area contributed by atoms with Crippen molar-refractivity contribution >= 4 is 16.6 Å². The Balaban J connectivity index is 1.76. The number of fused-ring (bicyclic) bond motifs is 1. The van der Waals surface area contributed by atoms with Gasteiger partial charge in [-0.25, -0.2) is 0 Å². The van der Waals surface area contributed by atoms with Crippen LogP contribution in [0.1, 0.15) is 127 Å². The molecule has 0 aliphatic heterocycles. The Morgan fingerprint density at radius 3 is 2.07 bits per heavy atom. The van der Waals surface area contributed by atoms with Crippen LogP contribution in [-0.2, 0) is 8.85 Å². The molecule has 6 heteroatoms. The molecule has 0 radical (unpaired) electrons. The Labute approximate surface area is 280 Å². The molecule has 0 aromatic rings. The molecule has 3 aliphatic rings. The van der Waals surface area contributed by atoms with E-state index in [0.29, 0.717) is 17.8 Å². The molecule has 3 aliphatic carbocycles. The zero-order chi connectivity index (χ0) is 34.4. The van der Waals surface area contributed by atoms with Crippen LogP contribution in [0.15, 0.2) is 35.5 Å². The van der Waals surface area contributed by atoms with Gasteiger partial charge in [-0.1, -0.05) is 85.3 Å². The van der Waals surface area contributed by atoms with E-state index in [9.17, 15) is 10.2 Å². The highest BCUT2D eigenvalue weighted by Gasteiger charge is 2.53. The minimum atomic E-state index is -2.01. The van der Waals surface area contributed by atoms with E-state index in [2.05, 4.69) is 100 Å². The Hall–Kier alpha value is -0.506. The lowest BCUT2D eigenvalue weighted by atomic mass is 9.60. The molecule has 3 fully saturated rings. The molecular formula is C39H72O4Si2. The van der Waals surface area contributed by atoms with Crippen LogP contribution in [0.4, 0.5) is 0 Å². The first-order valence-corrected chi connectivity index (χ1v) is 23.9. The molecule has 0 aromatic heterocycles. The lowest BCUT2D eigenvalue weighted by Gasteiger charge is -2.47. The quantitative estimate of drug-likeness (QED) is 0.229. The molecule has 0 saturated heterocycles. The van der Waals surface area contributed by atoms with Gasteiger partial charge in [-0.2, -0.15) is 0 Å². The van der Waals surface area contributed by atoms with Crippen molar-refractivity contribution in [3.8, 4) is 0 Å². The molecule has 260 valence electrons. The number of rotatable bonds is 10. The van der Waals surface area contributed by atoms with Crippen molar-refractivity contribution in [2.75, 3.05) is 0 Å². The van der Waals surface area contributed by atoms with Crippen molar-refractivity contribution in [3.05, 3.63) is 35.5 Å². The average Bonchev–Trinajstić information content (AvgIpc) is 3.20. The van der Waals surface area contributed by atoms with Crippen LogP contribution in [0.5, 0.6) is 0 Å². The molecule has 0 amide bonds. The van der Waals surface area contributed by atoms with Crippen LogP contribution >= 0.6 is 0 Å². The van der Waals surface area contributed by atoms with Crippen molar-refractivity contribution in [2.45, 2.75) is 187 Å². The molecule has 3 rings (SSSR count). The van der Waals surface area contributed by atoms with Gasteiger partial charge >= 0.3 is 0 Å². The Kier molecular flexibility index (Phi) is 11.9.